The van der Waals surface area contributed by atoms with E-state index in [1.165, 1.54) is 5.56 Å². The van der Waals surface area contributed by atoms with Crippen molar-refractivity contribution in [2.24, 2.45) is 0 Å². The molecule has 0 radical (unpaired) electrons. The number of carbonyl (C=O) groups is 1. The monoisotopic (exact) mass is 424 g/mol. The topological polar surface area (TPSA) is 80.0 Å². The van der Waals surface area contributed by atoms with Gasteiger partial charge in [0.25, 0.3) is 0 Å². The third kappa shape index (κ3) is 4.18. The number of carboxylic acid groups (broad SMARTS) is 1. The molecule has 6 nitrogen and oxygen atoms in total. The Kier molecular flexibility index (Phi) is 5.52. The molecule has 0 spiro atoms. The van der Waals surface area contributed by atoms with E-state index < -0.39 is 5.97 Å². The quantitative estimate of drug-likeness (QED) is 0.483. The van der Waals surface area contributed by atoms with Crippen molar-refractivity contribution < 1.29 is 9.90 Å². The number of nitrogens with one attached hydrogen (secondary N) is 1. The van der Waals surface area contributed by atoms with Crippen molar-refractivity contribution in [3.63, 3.8) is 0 Å². The second-order valence-electron chi connectivity index (χ2n) is 8.13. The predicted octanol–water partition coefficient (Wildman–Crippen LogP) is 4.77. The molecule has 3 aromatic carbocycles. The number of hydrogen-bond donors (Lipinski definition) is 2. The smallest absolute Gasteiger partial charge is 0.335 e. The fourth-order valence-electron chi connectivity index (χ4n) is 4.27. The van der Waals surface area contributed by atoms with Crippen LogP contribution in [0.5, 0.6) is 0 Å². The highest BCUT2D eigenvalue weighted by atomic mass is 16.4. The molecule has 1 saturated heterocycles. The van der Waals surface area contributed by atoms with Crippen LogP contribution in [-0.2, 0) is 0 Å². The fourth-order valence-corrected chi connectivity index (χ4v) is 4.27. The van der Waals surface area contributed by atoms with Crippen LogP contribution in [0, 0.1) is 0 Å². The number of benzene rings is 3. The summed E-state index contributed by atoms with van der Waals surface area (Å²) >= 11 is 0. The molecule has 160 valence electrons. The molecular weight excluding hydrogens is 400 g/mol. The maximum absolute atomic E-state index is 11.8. The molecule has 0 aliphatic carbocycles. The Morgan fingerprint density at radius 2 is 1.66 bits per heavy atom. The number of carboxylic acids is 1. The second kappa shape index (κ2) is 8.77. The van der Waals surface area contributed by atoms with Crippen molar-refractivity contribution in [2.45, 2.75) is 18.8 Å². The van der Waals surface area contributed by atoms with Crippen LogP contribution in [0.1, 0.15) is 34.7 Å². The van der Waals surface area contributed by atoms with Crippen LogP contribution < -0.4 is 5.32 Å². The minimum absolute atomic E-state index is 0.219. The van der Waals surface area contributed by atoms with Crippen LogP contribution in [0.2, 0.25) is 0 Å². The summed E-state index contributed by atoms with van der Waals surface area (Å²) in [6, 6.07) is 23.6. The van der Waals surface area contributed by atoms with E-state index in [1.807, 2.05) is 42.6 Å². The Balaban J connectivity index is 1.49. The van der Waals surface area contributed by atoms with Crippen molar-refractivity contribution in [3.8, 4) is 28.1 Å². The molecule has 6 heteroatoms. The van der Waals surface area contributed by atoms with Gasteiger partial charge in [0.2, 0.25) is 0 Å². The van der Waals surface area contributed by atoms with Gasteiger partial charge in [-0.15, -0.1) is 5.10 Å². The lowest BCUT2D eigenvalue weighted by Gasteiger charge is -2.23. The summed E-state index contributed by atoms with van der Waals surface area (Å²) in [5.74, 6) is -0.388. The molecule has 1 fully saturated rings. The Hall–Kier alpha value is -3.77. The summed E-state index contributed by atoms with van der Waals surface area (Å²) in [6.45, 7) is 2.11. The van der Waals surface area contributed by atoms with E-state index in [-0.39, 0.29) is 5.56 Å². The first-order valence-corrected chi connectivity index (χ1v) is 10.8. The lowest BCUT2D eigenvalue weighted by molar-refractivity contribution is 0.0697. The van der Waals surface area contributed by atoms with Gasteiger partial charge in [-0.3, -0.25) is 0 Å². The highest BCUT2D eigenvalue weighted by Gasteiger charge is 2.16. The van der Waals surface area contributed by atoms with Crippen LogP contribution in [-0.4, -0.2) is 39.2 Å². The number of aromatic carboxylic acids is 1. The van der Waals surface area contributed by atoms with Crippen molar-refractivity contribution in [1.82, 2.24) is 20.3 Å². The minimum Gasteiger partial charge on any atom is -0.478 e. The lowest BCUT2D eigenvalue weighted by Crippen LogP contribution is -2.26. The summed E-state index contributed by atoms with van der Waals surface area (Å²) in [5, 5.41) is 21.6. The van der Waals surface area contributed by atoms with Gasteiger partial charge in [0.05, 0.1) is 17.4 Å². The first-order chi connectivity index (χ1) is 15.7. The highest BCUT2D eigenvalue weighted by molar-refractivity contribution is 5.90. The maximum atomic E-state index is 11.8. The minimum atomic E-state index is -0.970. The Bertz CT molecular complexity index is 1230. The summed E-state index contributed by atoms with van der Waals surface area (Å²) in [5.41, 5.74) is 5.74. The van der Waals surface area contributed by atoms with E-state index in [2.05, 4.69) is 39.9 Å². The van der Waals surface area contributed by atoms with Gasteiger partial charge >= 0.3 is 5.97 Å². The van der Waals surface area contributed by atoms with E-state index in [0.717, 1.165) is 48.3 Å². The van der Waals surface area contributed by atoms with Gasteiger partial charge in [0, 0.05) is 5.56 Å². The predicted molar refractivity (Wildman–Crippen MR) is 124 cm³/mol. The average Bonchev–Trinajstić information content (AvgIpc) is 3.35. The van der Waals surface area contributed by atoms with E-state index in [1.54, 1.807) is 16.8 Å². The molecule has 0 unspecified atom stereocenters. The zero-order chi connectivity index (χ0) is 21.9. The Morgan fingerprint density at radius 3 is 2.38 bits per heavy atom. The molecular formula is C26H24N4O2. The van der Waals surface area contributed by atoms with Gasteiger partial charge in [0.15, 0.2) is 0 Å². The molecule has 2 N–H and O–H groups in total. The number of hydrogen-bond acceptors (Lipinski definition) is 4. The first kappa shape index (κ1) is 20.2. The Morgan fingerprint density at radius 1 is 0.906 bits per heavy atom. The van der Waals surface area contributed by atoms with Crippen LogP contribution in [0.4, 0.5) is 0 Å². The molecule has 1 aliphatic rings. The molecule has 0 atom stereocenters. The lowest BCUT2D eigenvalue weighted by atomic mass is 9.89. The van der Waals surface area contributed by atoms with Crippen LogP contribution >= 0.6 is 0 Å². The zero-order valence-corrected chi connectivity index (χ0v) is 17.6. The van der Waals surface area contributed by atoms with Crippen LogP contribution in [0.15, 0.2) is 79.0 Å². The molecule has 32 heavy (non-hydrogen) atoms. The van der Waals surface area contributed by atoms with Crippen molar-refractivity contribution in [3.05, 3.63) is 90.1 Å². The standard InChI is InChI=1S/C26H24N4O2/c31-26(32)23-14-22(19-8-6-18(7-9-19)20-10-12-27-13-11-20)15-24(16-23)30-17-25(28-29-30)21-4-2-1-3-5-21/h1-9,14-17,20,27H,10-13H2,(H,31,32). The van der Waals surface area contributed by atoms with E-state index in [9.17, 15) is 9.90 Å². The maximum Gasteiger partial charge on any atom is 0.335 e. The van der Waals surface area contributed by atoms with Crippen LogP contribution in [0.25, 0.3) is 28.1 Å². The number of nitrogens with zero attached hydrogens (tertiary/aromatic N) is 3. The molecule has 0 bridgehead atoms. The Labute approximate surface area is 186 Å². The summed E-state index contributed by atoms with van der Waals surface area (Å²) in [6.07, 6.45) is 4.11. The molecule has 2 heterocycles. The molecule has 1 aliphatic heterocycles. The van der Waals surface area contributed by atoms with Gasteiger partial charge in [-0.25, -0.2) is 9.48 Å². The summed E-state index contributed by atoms with van der Waals surface area (Å²) in [7, 11) is 0. The van der Waals surface area contributed by atoms with Crippen LogP contribution in [0.3, 0.4) is 0 Å². The molecule has 0 amide bonds. The van der Waals surface area contributed by atoms with E-state index >= 15 is 0 Å². The van der Waals surface area contributed by atoms with Gasteiger partial charge in [-0.2, -0.15) is 0 Å². The van der Waals surface area contributed by atoms with Gasteiger partial charge in [0.1, 0.15) is 5.69 Å². The molecule has 4 aromatic rings. The average molecular weight is 425 g/mol. The second-order valence-corrected chi connectivity index (χ2v) is 8.13. The number of rotatable bonds is 5. The molecule has 5 rings (SSSR count). The third-order valence-electron chi connectivity index (χ3n) is 6.05. The van der Waals surface area contributed by atoms with Gasteiger partial charge in [-0.1, -0.05) is 59.8 Å². The van der Waals surface area contributed by atoms with Gasteiger partial charge in [-0.05, 0) is 66.7 Å². The van der Waals surface area contributed by atoms with Crippen molar-refractivity contribution in [2.75, 3.05) is 13.1 Å². The van der Waals surface area contributed by atoms with Crippen molar-refractivity contribution >= 4 is 5.97 Å². The van der Waals surface area contributed by atoms with Crippen molar-refractivity contribution in [1.29, 1.82) is 0 Å². The first-order valence-electron chi connectivity index (χ1n) is 10.8. The summed E-state index contributed by atoms with van der Waals surface area (Å²) in [4.78, 5) is 11.8. The fraction of sp³-hybridized carbons (Fsp3) is 0.192. The largest absolute Gasteiger partial charge is 0.478 e. The zero-order valence-electron chi connectivity index (χ0n) is 17.6. The normalized spacial score (nSPS) is 14.4. The number of aromatic nitrogens is 3. The number of piperidine rings is 1. The van der Waals surface area contributed by atoms with E-state index in [0.29, 0.717) is 11.6 Å². The van der Waals surface area contributed by atoms with E-state index in [4.69, 9.17) is 0 Å². The van der Waals surface area contributed by atoms with Gasteiger partial charge < -0.3 is 10.4 Å². The third-order valence-corrected chi connectivity index (χ3v) is 6.05. The highest BCUT2D eigenvalue weighted by Crippen LogP contribution is 2.29. The SMILES string of the molecule is O=C(O)c1cc(-c2ccc(C3CCNCC3)cc2)cc(-n2cc(-c3ccccc3)nn2)c1. The molecule has 0 saturated carbocycles. The molecule has 1 aromatic heterocycles. The summed E-state index contributed by atoms with van der Waals surface area (Å²) < 4.78 is 1.63.